The summed E-state index contributed by atoms with van der Waals surface area (Å²) in [5.74, 6) is -0.593. The summed E-state index contributed by atoms with van der Waals surface area (Å²) in [4.78, 5) is 10.3. The molecule has 110 valence electrons. The zero-order valence-electron chi connectivity index (χ0n) is 9.83. The van der Waals surface area contributed by atoms with Crippen LogP contribution in [0.3, 0.4) is 0 Å². The van der Waals surface area contributed by atoms with Crippen molar-refractivity contribution in [3.8, 4) is 0 Å². The molecule has 0 aliphatic rings. The first kappa shape index (κ1) is 19.6. The smallest absolute Gasteiger partial charge is 0.269 e. The molecule has 19 heavy (non-hydrogen) atoms. The molecule has 0 bridgehead atoms. The molecular weight excluding hydrogens is 304 g/mol. The summed E-state index contributed by atoms with van der Waals surface area (Å²) in [7, 11) is -7.33. The molecule has 0 aliphatic carbocycles. The van der Waals surface area contributed by atoms with Crippen molar-refractivity contribution in [2.45, 2.75) is 0 Å². The lowest BCUT2D eigenvalue weighted by atomic mass is 10.4. The Morgan fingerprint density at radius 2 is 1.53 bits per heavy atom. The fourth-order valence-corrected chi connectivity index (χ4v) is 0.372. The second-order valence-electron chi connectivity index (χ2n) is 2.84. The van der Waals surface area contributed by atoms with Gasteiger partial charge in [0.1, 0.15) is 0 Å². The quantitative estimate of drug-likeness (QED) is 0.487. The molecule has 1 rings (SSSR count). The average molecular weight is 316 g/mol. The van der Waals surface area contributed by atoms with Gasteiger partial charge in [0.05, 0.1) is 18.7 Å². The molecule has 0 saturated heterocycles. The summed E-state index contributed by atoms with van der Waals surface area (Å²) in [5, 5.41) is 9.91. The maximum atomic E-state index is 10.3. The number of nitrogens with two attached hydrogens (primary N) is 1. The number of hydrogen-bond donors (Lipinski definition) is 3. The molecule has 0 atom stereocenters. The van der Waals surface area contributed by atoms with Crippen LogP contribution in [0, 0.1) is 0 Å². The summed E-state index contributed by atoms with van der Waals surface area (Å²) < 4.78 is 51.7. The maximum absolute atomic E-state index is 10.3. The van der Waals surface area contributed by atoms with Crippen LogP contribution in [0.4, 0.5) is 0 Å². The highest BCUT2D eigenvalue weighted by atomic mass is 32.2. The molecule has 1 amide bonds. The highest BCUT2D eigenvalue weighted by Gasteiger charge is 1.98. The van der Waals surface area contributed by atoms with Gasteiger partial charge in [-0.3, -0.25) is 13.9 Å². The van der Waals surface area contributed by atoms with E-state index in [9.17, 15) is 21.6 Å². The number of aromatic nitrogens is 3. The fraction of sp³-hybridized carbons (Fsp3) is 0.333. The van der Waals surface area contributed by atoms with Gasteiger partial charge in [0.2, 0.25) is 0 Å². The topological polar surface area (TPSA) is 190 Å². The van der Waals surface area contributed by atoms with Crippen LogP contribution in [-0.4, -0.2) is 59.8 Å². The molecule has 1 heterocycles. The van der Waals surface area contributed by atoms with Gasteiger partial charge in [0, 0.05) is 0 Å². The highest BCUT2D eigenvalue weighted by Crippen LogP contribution is 1.83. The Kier molecular flexibility index (Phi) is 8.69. The Morgan fingerprint density at radius 3 is 1.68 bits per heavy atom. The number of amides is 1. The van der Waals surface area contributed by atoms with Gasteiger partial charge in [-0.2, -0.15) is 16.8 Å². The van der Waals surface area contributed by atoms with Gasteiger partial charge >= 0.3 is 0 Å². The molecule has 1 aromatic heterocycles. The van der Waals surface area contributed by atoms with E-state index in [0.29, 0.717) is 12.5 Å². The van der Waals surface area contributed by atoms with E-state index in [4.69, 9.17) is 14.8 Å². The molecule has 0 aromatic carbocycles. The number of carbonyl (C=O) groups excluding carboxylic acids is 1. The van der Waals surface area contributed by atoms with Crippen LogP contribution >= 0.6 is 0 Å². The molecular formula is C6H12N4O7S2. The first-order chi connectivity index (χ1) is 8.30. The van der Waals surface area contributed by atoms with Crippen molar-refractivity contribution >= 4 is 26.1 Å². The van der Waals surface area contributed by atoms with Crippen molar-refractivity contribution in [1.82, 2.24) is 15.4 Å². The molecule has 0 spiro atoms. The van der Waals surface area contributed by atoms with Gasteiger partial charge in [0.15, 0.2) is 5.69 Å². The Morgan fingerprint density at radius 1 is 1.16 bits per heavy atom. The Hall–Kier alpha value is -1.70. The zero-order valence-corrected chi connectivity index (χ0v) is 11.5. The third-order valence-corrected chi connectivity index (χ3v) is 0.756. The van der Waals surface area contributed by atoms with E-state index < -0.39 is 26.1 Å². The second-order valence-corrected chi connectivity index (χ2v) is 5.77. The lowest BCUT2D eigenvalue weighted by Gasteiger charge is -1.86. The molecule has 0 radical (unpaired) electrons. The predicted octanol–water partition coefficient (Wildman–Crippen LogP) is -2.02. The minimum atomic E-state index is -3.67. The Labute approximate surface area is 109 Å². The van der Waals surface area contributed by atoms with Gasteiger partial charge in [-0.25, -0.2) is 0 Å². The van der Waals surface area contributed by atoms with Gasteiger partial charge in [0.25, 0.3) is 26.1 Å². The number of carbonyl (C=O) groups is 1. The van der Waals surface area contributed by atoms with E-state index in [1.807, 2.05) is 0 Å². The van der Waals surface area contributed by atoms with Gasteiger partial charge in [-0.1, -0.05) is 0 Å². The SMILES string of the molecule is CS(=O)(=O)O.CS(=O)(=O)O.NC(=O)c1ccnnn1. The number of primary amides is 1. The van der Waals surface area contributed by atoms with Crippen LogP contribution < -0.4 is 5.73 Å². The lowest BCUT2D eigenvalue weighted by Crippen LogP contribution is -2.13. The molecule has 4 N–H and O–H groups in total. The summed E-state index contributed by atoms with van der Waals surface area (Å²) in [6.07, 6.45) is 2.78. The summed E-state index contributed by atoms with van der Waals surface area (Å²) in [6.45, 7) is 0. The highest BCUT2D eigenvalue weighted by molar-refractivity contribution is 7.85. The van der Waals surface area contributed by atoms with Crippen LogP contribution in [0.15, 0.2) is 12.3 Å². The standard InChI is InChI=1S/C4H4N4O.2CH4O3S/c5-4(9)3-1-2-6-8-7-3;2*1-5(2,3)4/h1-2H,(H2,5,9);2*1H3,(H,2,3,4). The largest absolute Gasteiger partial charge is 0.364 e. The van der Waals surface area contributed by atoms with Crippen molar-refractivity contribution in [3.05, 3.63) is 18.0 Å². The van der Waals surface area contributed by atoms with E-state index in [-0.39, 0.29) is 5.69 Å². The normalized spacial score (nSPS) is 10.3. The maximum Gasteiger partial charge on any atom is 0.269 e. The molecule has 1 aromatic rings. The summed E-state index contributed by atoms with van der Waals surface area (Å²) in [6, 6.07) is 1.40. The molecule has 0 unspecified atom stereocenters. The number of rotatable bonds is 1. The van der Waals surface area contributed by atoms with E-state index >= 15 is 0 Å². The predicted molar refractivity (Wildman–Crippen MR) is 63.3 cm³/mol. The van der Waals surface area contributed by atoms with Crippen molar-refractivity contribution in [2.75, 3.05) is 12.5 Å². The molecule has 11 nitrogen and oxygen atoms in total. The van der Waals surface area contributed by atoms with Gasteiger partial charge < -0.3 is 5.73 Å². The number of hydrogen-bond acceptors (Lipinski definition) is 8. The van der Waals surface area contributed by atoms with Crippen molar-refractivity contribution in [3.63, 3.8) is 0 Å². The van der Waals surface area contributed by atoms with Gasteiger partial charge in [-0.05, 0) is 11.3 Å². The van der Waals surface area contributed by atoms with Crippen LogP contribution in [0.1, 0.15) is 10.5 Å². The van der Waals surface area contributed by atoms with E-state index in [0.717, 1.165) is 0 Å². The Bertz CT molecular complexity index is 537. The molecule has 0 fully saturated rings. The first-order valence-electron chi connectivity index (χ1n) is 4.09. The summed E-state index contributed by atoms with van der Waals surface area (Å²) in [5.41, 5.74) is 4.97. The molecule has 0 saturated carbocycles. The van der Waals surface area contributed by atoms with E-state index in [1.165, 1.54) is 12.3 Å². The van der Waals surface area contributed by atoms with Crippen LogP contribution in [0.2, 0.25) is 0 Å². The van der Waals surface area contributed by atoms with E-state index in [1.54, 1.807) is 0 Å². The molecule has 13 heteroatoms. The third kappa shape index (κ3) is 31.4. The monoisotopic (exact) mass is 316 g/mol. The van der Waals surface area contributed by atoms with E-state index in [2.05, 4.69) is 15.4 Å². The molecule has 0 aliphatic heterocycles. The minimum absolute atomic E-state index is 0.130. The lowest BCUT2D eigenvalue weighted by molar-refractivity contribution is 0.0994. The van der Waals surface area contributed by atoms with Crippen LogP contribution in [-0.2, 0) is 20.2 Å². The zero-order chi connectivity index (χ0) is 15.7. The Balaban J connectivity index is 0. The van der Waals surface area contributed by atoms with Gasteiger partial charge in [-0.15, -0.1) is 10.2 Å². The van der Waals surface area contributed by atoms with Crippen molar-refractivity contribution in [2.24, 2.45) is 5.73 Å². The number of nitrogens with zero attached hydrogens (tertiary/aromatic N) is 3. The average Bonchev–Trinajstić information content (AvgIpc) is 2.13. The minimum Gasteiger partial charge on any atom is -0.364 e. The van der Waals surface area contributed by atoms with Crippen molar-refractivity contribution in [1.29, 1.82) is 0 Å². The second kappa shape index (κ2) is 8.41. The van der Waals surface area contributed by atoms with Crippen LogP contribution in [0.5, 0.6) is 0 Å². The summed E-state index contributed by atoms with van der Waals surface area (Å²) >= 11 is 0. The third-order valence-electron chi connectivity index (χ3n) is 0.756. The van der Waals surface area contributed by atoms with Crippen LogP contribution in [0.25, 0.3) is 0 Å². The fourth-order valence-electron chi connectivity index (χ4n) is 0.372. The van der Waals surface area contributed by atoms with Crippen molar-refractivity contribution < 1.29 is 30.7 Å². The first-order valence-corrected chi connectivity index (χ1v) is 7.79.